The highest BCUT2D eigenvalue weighted by molar-refractivity contribution is 5.92. The van der Waals surface area contributed by atoms with Gasteiger partial charge in [0.15, 0.2) is 0 Å². The summed E-state index contributed by atoms with van der Waals surface area (Å²) in [4.78, 5) is 15.9. The molecular formula is C13H15N3O2. The van der Waals surface area contributed by atoms with E-state index in [2.05, 4.69) is 10.3 Å². The number of carbonyl (C=O) groups is 1. The van der Waals surface area contributed by atoms with Gasteiger partial charge in [0.05, 0.1) is 19.0 Å². The van der Waals surface area contributed by atoms with Crippen LogP contribution in [0.2, 0.25) is 0 Å². The molecule has 1 aromatic carbocycles. The molecule has 2 aromatic rings. The van der Waals surface area contributed by atoms with Gasteiger partial charge in [-0.3, -0.25) is 4.79 Å². The zero-order valence-electron chi connectivity index (χ0n) is 10.1. The lowest BCUT2D eigenvalue weighted by molar-refractivity contribution is 0.0911. The molecule has 0 spiro atoms. The second-order valence-electron chi connectivity index (χ2n) is 4.04. The van der Waals surface area contributed by atoms with Crippen LogP contribution in [0, 0.1) is 0 Å². The monoisotopic (exact) mass is 245 g/mol. The number of nitrogens with one attached hydrogen (secondary N) is 1. The molecule has 0 fully saturated rings. The van der Waals surface area contributed by atoms with Gasteiger partial charge in [-0.2, -0.15) is 0 Å². The molecule has 0 radical (unpaired) electrons. The molecule has 1 heterocycles. The van der Waals surface area contributed by atoms with Crippen LogP contribution >= 0.6 is 0 Å². The number of aryl methyl sites for hydroxylation is 1. The summed E-state index contributed by atoms with van der Waals surface area (Å²) in [7, 11) is 1.80. The van der Waals surface area contributed by atoms with Crippen LogP contribution in [0.15, 0.2) is 42.9 Å². The summed E-state index contributed by atoms with van der Waals surface area (Å²) in [5.41, 5.74) is 1.20. The first-order valence-electron chi connectivity index (χ1n) is 5.65. The van der Waals surface area contributed by atoms with Crippen molar-refractivity contribution in [2.45, 2.75) is 6.04 Å². The van der Waals surface area contributed by atoms with E-state index in [9.17, 15) is 9.90 Å². The third kappa shape index (κ3) is 2.75. The Labute approximate surface area is 105 Å². The number of carbonyl (C=O) groups excluding carboxylic acids is 1. The molecule has 0 bridgehead atoms. The van der Waals surface area contributed by atoms with Crippen molar-refractivity contribution in [3.8, 4) is 0 Å². The summed E-state index contributed by atoms with van der Waals surface area (Å²) in [5.74, 6) is -0.293. The number of rotatable bonds is 4. The average molecular weight is 245 g/mol. The standard InChI is InChI=1S/C13H15N3O2/c1-16-7-11(14-9-16)13(18)15-12(8-17)10-5-3-2-4-6-10/h2-7,9,12,17H,8H2,1H3,(H,15,18). The van der Waals surface area contributed by atoms with Crippen molar-refractivity contribution in [2.75, 3.05) is 6.61 Å². The Morgan fingerprint density at radius 2 is 2.17 bits per heavy atom. The van der Waals surface area contributed by atoms with E-state index < -0.39 is 6.04 Å². The second-order valence-corrected chi connectivity index (χ2v) is 4.04. The van der Waals surface area contributed by atoms with Crippen LogP contribution in [0.1, 0.15) is 22.1 Å². The van der Waals surface area contributed by atoms with Gasteiger partial charge in [-0.1, -0.05) is 30.3 Å². The lowest BCUT2D eigenvalue weighted by Crippen LogP contribution is -2.31. The normalized spacial score (nSPS) is 12.1. The van der Waals surface area contributed by atoms with Gasteiger partial charge < -0.3 is 15.0 Å². The fourth-order valence-electron chi connectivity index (χ4n) is 1.68. The number of nitrogens with zero attached hydrogens (tertiary/aromatic N) is 2. The van der Waals surface area contributed by atoms with E-state index >= 15 is 0 Å². The Balaban J connectivity index is 2.10. The number of imidazole rings is 1. The topological polar surface area (TPSA) is 67.2 Å². The predicted octanol–water partition coefficient (Wildman–Crippen LogP) is 0.883. The predicted molar refractivity (Wildman–Crippen MR) is 66.9 cm³/mol. The minimum absolute atomic E-state index is 0.150. The Hall–Kier alpha value is -2.14. The highest BCUT2D eigenvalue weighted by Gasteiger charge is 2.16. The highest BCUT2D eigenvalue weighted by Crippen LogP contribution is 2.12. The van der Waals surface area contributed by atoms with Gasteiger partial charge >= 0.3 is 0 Å². The van der Waals surface area contributed by atoms with Gasteiger partial charge in [-0.15, -0.1) is 0 Å². The Morgan fingerprint density at radius 3 is 2.72 bits per heavy atom. The second kappa shape index (κ2) is 5.46. The maximum absolute atomic E-state index is 11.9. The molecule has 1 aromatic heterocycles. The average Bonchev–Trinajstić information content (AvgIpc) is 2.83. The molecule has 0 aliphatic heterocycles. The summed E-state index contributed by atoms with van der Waals surface area (Å²) in [6.07, 6.45) is 3.19. The number of hydrogen-bond donors (Lipinski definition) is 2. The van der Waals surface area contributed by atoms with Crippen LogP contribution in [0.25, 0.3) is 0 Å². The van der Waals surface area contributed by atoms with Crippen LogP contribution in [-0.2, 0) is 7.05 Å². The van der Waals surface area contributed by atoms with Crippen molar-refractivity contribution in [1.29, 1.82) is 0 Å². The molecule has 1 amide bonds. The number of hydrogen-bond acceptors (Lipinski definition) is 3. The van der Waals surface area contributed by atoms with Crippen LogP contribution in [-0.4, -0.2) is 27.2 Å². The molecule has 0 aliphatic carbocycles. The largest absolute Gasteiger partial charge is 0.394 e. The lowest BCUT2D eigenvalue weighted by atomic mass is 10.1. The van der Waals surface area contributed by atoms with Gasteiger partial charge in [0.1, 0.15) is 5.69 Å². The fourth-order valence-corrected chi connectivity index (χ4v) is 1.68. The van der Waals surface area contributed by atoms with E-state index in [0.717, 1.165) is 5.56 Å². The maximum Gasteiger partial charge on any atom is 0.272 e. The molecule has 2 rings (SSSR count). The summed E-state index contributed by atoms with van der Waals surface area (Å²) < 4.78 is 1.70. The van der Waals surface area contributed by atoms with E-state index in [1.807, 2.05) is 30.3 Å². The summed E-state index contributed by atoms with van der Waals surface area (Å²) in [5, 5.41) is 12.1. The van der Waals surface area contributed by atoms with E-state index in [1.54, 1.807) is 24.1 Å². The highest BCUT2D eigenvalue weighted by atomic mass is 16.3. The third-order valence-electron chi connectivity index (χ3n) is 2.63. The molecular weight excluding hydrogens is 230 g/mol. The zero-order chi connectivity index (χ0) is 13.0. The zero-order valence-corrected chi connectivity index (χ0v) is 10.1. The van der Waals surface area contributed by atoms with Crippen LogP contribution in [0.4, 0.5) is 0 Å². The first kappa shape index (κ1) is 12.3. The van der Waals surface area contributed by atoms with E-state index in [4.69, 9.17) is 0 Å². The van der Waals surface area contributed by atoms with Crippen LogP contribution < -0.4 is 5.32 Å². The van der Waals surface area contributed by atoms with Crippen LogP contribution in [0.5, 0.6) is 0 Å². The molecule has 1 atom stereocenters. The number of aromatic nitrogens is 2. The van der Waals surface area contributed by atoms with E-state index in [-0.39, 0.29) is 12.5 Å². The van der Waals surface area contributed by atoms with Crippen molar-refractivity contribution < 1.29 is 9.90 Å². The van der Waals surface area contributed by atoms with Crippen molar-refractivity contribution >= 4 is 5.91 Å². The number of aliphatic hydroxyl groups excluding tert-OH is 1. The molecule has 0 saturated heterocycles. The van der Waals surface area contributed by atoms with Gasteiger partial charge in [-0.25, -0.2) is 4.98 Å². The van der Waals surface area contributed by atoms with E-state index in [0.29, 0.717) is 5.69 Å². The Kier molecular flexibility index (Phi) is 3.74. The van der Waals surface area contributed by atoms with Gasteiger partial charge in [0, 0.05) is 13.2 Å². The molecule has 5 heteroatoms. The molecule has 0 aliphatic rings. The Bertz CT molecular complexity index is 522. The summed E-state index contributed by atoms with van der Waals surface area (Å²) in [6.45, 7) is -0.150. The van der Waals surface area contributed by atoms with Crippen molar-refractivity contribution in [3.63, 3.8) is 0 Å². The molecule has 18 heavy (non-hydrogen) atoms. The van der Waals surface area contributed by atoms with Crippen molar-refractivity contribution in [3.05, 3.63) is 54.1 Å². The van der Waals surface area contributed by atoms with Crippen molar-refractivity contribution in [2.24, 2.45) is 7.05 Å². The van der Waals surface area contributed by atoms with E-state index in [1.165, 1.54) is 0 Å². The van der Waals surface area contributed by atoms with Gasteiger partial charge in [0.25, 0.3) is 5.91 Å². The lowest BCUT2D eigenvalue weighted by Gasteiger charge is -2.15. The quantitative estimate of drug-likeness (QED) is 0.840. The maximum atomic E-state index is 11.9. The number of benzene rings is 1. The molecule has 0 saturated carbocycles. The van der Waals surface area contributed by atoms with Gasteiger partial charge in [-0.05, 0) is 5.56 Å². The minimum Gasteiger partial charge on any atom is -0.394 e. The number of amides is 1. The molecule has 1 unspecified atom stereocenters. The minimum atomic E-state index is -0.416. The van der Waals surface area contributed by atoms with Crippen molar-refractivity contribution in [1.82, 2.24) is 14.9 Å². The molecule has 94 valence electrons. The van der Waals surface area contributed by atoms with Gasteiger partial charge in [0.2, 0.25) is 0 Å². The first-order chi connectivity index (χ1) is 8.70. The number of aliphatic hydroxyl groups is 1. The molecule has 5 nitrogen and oxygen atoms in total. The Morgan fingerprint density at radius 1 is 1.44 bits per heavy atom. The molecule has 2 N–H and O–H groups in total. The SMILES string of the molecule is Cn1cnc(C(=O)NC(CO)c2ccccc2)c1. The first-order valence-corrected chi connectivity index (χ1v) is 5.65. The fraction of sp³-hybridized carbons (Fsp3) is 0.231. The third-order valence-corrected chi connectivity index (χ3v) is 2.63. The summed E-state index contributed by atoms with van der Waals surface area (Å²) in [6, 6.07) is 8.92. The smallest absolute Gasteiger partial charge is 0.272 e. The van der Waals surface area contributed by atoms with Crippen LogP contribution in [0.3, 0.4) is 0 Å². The summed E-state index contributed by atoms with van der Waals surface area (Å²) >= 11 is 0.